The van der Waals surface area contributed by atoms with Crippen molar-refractivity contribution in [2.45, 2.75) is 61.1 Å². The third-order valence-electron chi connectivity index (χ3n) is 3.83. The Kier molecular flexibility index (Phi) is 9.23. The molecule has 2 atom stereocenters. The molecule has 0 bridgehead atoms. The molecule has 22 heavy (non-hydrogen) atoms. The number of carboxylic acid groups (broad SMARTS) is 2. The fourth-order valence-corrected chi connectivity index (χ4v) is 3.18. The minimum atomic E-state index is -0.822. The van der Waals surface area contributed by atoms with Crippen LogP contribution in [0.5, 0.6) is 0 Å². The van der Waals surface area contributed by atoms with Gasteiger partial charge in [-0.15, -0.1) is 0 Å². The molecular formula is C14H26N2O4S2. The molecule has 2 unspecified atom stereocenters. The van der Waals surface area contributed by atoms with E-state index in [-0.39, 0.29) is 23.3 Å². The van der Waals surface area contributed by atoms with Crippen LogP contribution in [-0.4, -0.2) is 57.8 Å². The van der Waals surface area contributed by atoms with Crippen LogP contribution in [0, 0.1) is 0 Å². The van der Waals surface area contributed by atoms with Crippen LogP contribution in [-0.2, 0) is 9.59 Å². The molecule has 0 saturated heterocycles. The number of nitrogens with one attached hydrogen (secondary N) is 2. The summed E-state index contributed by atoms with van der Waals surface area (Å²) in [6, 6.07) is 0.819. The second-order valence-electron chi connectivity index (χ2n) is 5.87. The lowest BCUT2D eigenvalue weighted by Crippen LogP contribution is -2.43. The molecule has 1 rings (SSSR count). The highest BCUT2D eigenvalue weighted by molar-refractivity contribution is 7.81. The van der Waals surface area contributed by atoms with E-state index in [9.17, 15) is 9.59 Å². The Morgan fingerprint density at radius 1 is 0.864 bits per heavy atom. The van der Waals surface area contributed by atoms with Gasteiger partial charge in [0.15, 0.2) is 0 Å². The lowest BCUT2D eigenvalue weighted by atomic mass is 9.91. The molecule has 4 N–H and O–H groups in total. The molecule has 1 aliphatic carbocycles. The van der Waals surface area contributed by atoms with Crippen molar-refractivity contribution in [2.24, 2.45) is 0 Å². The standard InChI is InChI=1S/C14H26N2O4S2/c17-13(18)5-11(21)7-15-9-1-2-10(4-3-9)16-8-12(22)6-14(19)20/h9-12,15-16,21-22H,1-8H2,(H,17,18)(H,19,20). The van der Waals surface area contributed by atoms with E-state index >= 15 is 0 Å². The molecule has 0 spiro atoms. The first-order valence-corrected chi connectivity index (χ1v) is 8.66. The molecule has 0 radical (unpaired) electrons. The Hall–Kier alpha value is -0.440. The summed E-state index contributed by atoms with van der Waals surface area (Å²) >= 11 is 8.52. The van der Waals surface area contributed by atoms with Crippen molar-refractivity contribution in [3.8, 4) is 0 Å². The molecule has 0 amide bonds. The van der Waals surface area contributed by atoms with Gasteiger partial charge in [-0.25, -0.2) is 0 Å². The van der Waals surface area contributed by atoms with Gasteiger partial charge in [0.25, 0.3) is 0 Å². The van der Waals surface area contributed by atoms with E-state index in [1.54, 1.807) is 0 Å². The Bertz CT molecular complexity index is 329. The van der Waals surface area contributed by atoms with Crippen LogP contribution in [0.3, 0.4) is 0 Å². The maximum atomic E-state index is 10.6. The molecule has 0 aromatic heterocycles. The smallest absolute Gasteiger partial charge is 0.304 e. The van der Waals surface area contributed by atoms with Crippen molar-refractivity contribution in [1.29, 1.82) is 0 Å². The Morgan fingerprint density at radius 3 is 1.45 bits per heavy atom. The van der Waals surface area contributed by atoms with Crippen LogP contribution in [0.15, 0.2) is 0 Å². The highest BCUT2D eigenvalue weighted by Crippen LogP contribution is 2.19. The van der Waals surface area contributed by atoms with E-state index < -0.39 is 11.9 Å². The molecule has 0 heterocycles. The van der Waals surface area contributed by atoms with E-state index in [0.717, 1.165) is 25.7 Å². The van der Waals surface area contributed by atoms with Gasteiger partial charge in [0.05, 0.1) is 12.8 Å². The maximum absolute atomic E-state index is 10.6. The zero-order valence-electron chi connectivity index (χ0n) is 12.6. The number of carbonyl (C=O) groups is 2. The summed E-state index contributed by atoms with van der Waals surface area (Å²) in [5, 5.41) is 23.8. The third-order valence-corrected chi connectivity index (χ3v) is 4.56. The topological polar surface area (TPSA) is 98.7 Å². The second kappa shape index (κ2) is 10.4. The van der Waals surface area contributed by atoms with Gasteiger partial charge in [0, 0.05) is 35.7 Å². The summed E-state index contributed by atoms with van der Waals surface area (Å²) < 4.78 is 0. The summed E-state index contributed by atoms with van der Waals surface area (Å²) in [6.07, 6.45) is 4.26. The molecular weight excluding hydrogens is 324 g/mol. The first kappa shape index (κ1) is 19.6. The molecule has 8 heteroatoms. The van der Waals surface area contributed by atoms with Gasteiger partial charge in [-0.05, 0) is 25.7 Å². The van der Waals surface area contributed by atoms with Crippen LogP contribution >= 0.6 is 25.3 Å². The van der Waals surface area contributed by atoms with Crippen molar-refractivity contribution < 1.29 is 19.8 Å². The summed E-state index contributed by atoms with van der Waals surface area (Å²) in [7, 11) is 0. The number of carboxylic acids is 2. The number of hydrogen-bond donors (Lipinski definition) is 6. The van der Waals surface area contributed by atoms with E-state index in [2.05, 4.69) is 35.9 Å². The lowest BCUT2D eigenvalue weighted by Gasteiger charge is -2.31. The van der Waals surface area contributed by atoms with Crippen LogP contribution in [0.25, 0.3) is 0 Å². The molecule has 0 aromatic carbocycles. The molecule has 1 saturated carbocycles. The van der Waals surface area contributed by atoms with Crippen LogP contribution in [0.1, 0.15) is 38.5 Å². The first-order chi connectivity index (χ1) is 10.4. The van der Waals surface area contributed by atoms with Crippen LogP contribution in [0.2, 0.25) is 0 Å². The fraction of sp³-hybridized carbons (Fsp3) is 0.857. The van der Waals surface area contributed by atoms with Gasteiger partial charge < -0.3 is 20.8 Å². The molecule has 128 valence electrons. The van der Waals surface area contributed by atoms with Crippen LogP contribution in [0.4, 0.5) is 0 Å². The zero-order valence-corrected chi connectivity index (χ0v) is 14.4. The van der Waals surface area contributed by atoms with Gasteiger partial charge >= 0.3 is 11.9 Å². The van der Waals surface area contributed by atoms with E-state index in [1.807, 2.05) is 0 Å². The van der Waals surface area contributed by atoms with Gasteiger partial charge in [0.2, 0.25) is 0 Å². The minimum absolute atomic E-state index is 0.0694. The molecule has 0 aliphatic heterocycles. The van der Waals surface area contributed by atoms with E-state index in [1.165, 1.54) is 0 Å². The summed E-state index contributed by atoms with van der Waals surface area (Å²) in [5.74, 6) is -1.64. The van der Waals surface area contributed by atoms with Crippen molar-refractivity contribution in [2.75, 3.05) is 13.1 Å². The second-order valence-corrected chi connectivity index (χ2v) is 7.33. The van der Waals surface area contributed by atoms with Crippen LogP contribution < -0.4 is 10.6 Å². The predicted molar refractivity (Wildman–Crippen MR) is 92.1 cm³/mol. The molecule has 1 fully saturated rings. The highest BCUT2D eigenvalue weighted by atomic mass is 32.1. The van der Waals surface area contributed by atoms with Crippen molar-refractivity contribution in [3.05, 3.63) is 0 Å². The number of thiol groups is 2. The first-order valence-electron chi connectivity index (χ1n) is 7.63. The average Bonchev–Trinajstić information content (AvgIpc) is 2.42. The van der Waals surface area contributed by atoms with E-state index in [4.69, 9.17) is 10.2 Å². The van der Waals surface area contributed by atoms with Gasteiger partial charge in [-0.3, -0.25) is 9.59 Å². The quantitative estimate of drug-likeness (QED) is 0.329. The Balaban J connectivity index is 2.13. The molecule has 1 aliphatic rings. The van der Waals surface area contributed by atoms with Gasteiger partial charge in [0.1, 0.15) is 0 Å². The normalized spacial score (nSPS) is 24.6. The van der Waals surface area contributed by atoms with Gasteiger partial charge in [-0.1, -0.05) is 0 Å². The predicted octanol–water partition coefficient (Wildman–Crippen LogP) is 1.02. The fourth-order valence-electron chi connectivity index (χ4n) is 2.65. The summed E-state index contributed by atoms with van der Waals surface area (Å²) in [4.78, 5) is 21.1. The van der Waals surface area contributed by atoms with Gasteiger partial charge in [-0.2, -0.15) is 25.3 Å². The van der Waals surface area contributed by atoms with Crippen molar-refractivity contribution in [1.82, 2.24) is 10.6 Å². The lowest BCUT2D eigenvalue weighted by molar-refractivity contribution is -0.138. The summed E-state index contributed by atoms with van der Waals surface area (Å²) in [5.41, 5.74) is 0. The Morgan fingerprint density at radius 2 is 1.18 bits per heavy atom. The monoisotopic (exact) mass is 350 g/mol. The number of aliphatic carboxylic acids is 2. The SMILES string of the molecule is O=C(O)CC(S)CNC1CCC(NCC(S)CC(=O)O)CC1. The third kappa shape index (κ3) is 8.87. The minimum Gasteiger partial charge on any atom is -0.481 e. The molecule has 6 nitrogen and oxygen atoms in total. The average molecular weight is 351 g/mol. The Labute approximate surface area is 142 Å². The number of hydrogen-bond acceptors (Lipinski definition) is 6. The summed E-state index contributed by atoms with van der Waals surface area (Å²) in [6.45, 7) is 1.21. The molecule has 0 aromatic rings. The van der Waals surface area contributed by atoms with E-state index in [0.29, 0.717) is 25.2 Å². The zero-order chi connectivity index (χ0) is 16.5. The van der Waals surface area contributed by atoms with Crippen molar-refractivity contribution in [3.63, 3.8) is 0 Å². The highest BCUT2D eigenvalue weighted by Gasteiger charge is 2.22. The maximum Gasteiger partial charge on any atom is 0.304 e. The number of rotatable bonds is 10. The van der Waals surface area contributed by atoms with Crippen molar-refractivity contribution >= 4 is 37.2 Å². The largest absolute Gasteiger partial charge is 0.481 e.